The number of esters is 1. The van der Waals surface area contributed by atoms with Gasteiger partial charge in [0.2, 0.25) is 5.91 Å². The van der Waals surface area contributed by atoms with Gasteiger partial charge in [-0.3, -0.25) is 14.4 Å². The molecule has 1 N–H and O–H groups in total. The quantitative estimate of drug-likeness (QED) is 0.823. The molecule has 2 aliphatic rings. The smallest absolute Gasteiger partial charge is 0.307 e. The monoisotopic (exact) mass is 382 g/mol. The maximum atomic E-state index is 12.4. The first-order chi connectivity index (χ1) is 13.1. The third kappa shape index (κ3) is 3.68. The summed E-state index contributed by atoms with van der Waals surface area (Å²) < 4.78 is 5.15. The van der Waals surface area contributed by atoms with E-state index in [-0.39, 0.29) is 24.8 Å². The minimum atomic E-state index is -0.560. The van der Waals surface area contributed by atoms with Gasteiger partial charge < -0.3 is 15.0 Å². The van der Waals surface area contributed by atoms with E-state index in [1.807, 2.05) is 48.5 Å². The first-order valence-electron chi connectivity index (χ1n) is 8.72. The lowest BCUT2D eigenvalue weighted by atomic mass is 10.2. The Bertz CT molecular complexity index is 914. The van der Waals surface area contributed by atoms with Crippen LogP contribution in [0.3, 0.4) is 0 Å². The zero-order chi connectivity index (χ0) is 18.8. The first kappa shape index (κ1) is 17.6. The highest BCUT2D eigenvalue weighted by molar-refractivity contribution is 8.01. The van der Waals surface area contributed by atoms with Gasteiger partial charge in [-0.05, 0) is 30.2 Å². The number of rotatable bonds is 4. The Morgan fingerprint density at radius 2 is 1.93 bits per heavy atom. The number of hydrogen-bond acceptors (Lipinski definition) is 5. The predicted octanol–water partition coefficient (Wildman–Crippen LogP) is 2.62. The lowest BCUT2D eigenvalue weighted by molar-refractivity contribution is -0.148. The van der Waals surface area contributed by atoms with E-state index in [1.54, 1.807) is 4.90 Å². The molecule has 2 heterocycles. The minimum absolute atomic E-state index is 0.0747. The number of amides is 2. The van der Waals surface area contributed by atoms with Crippen molar-refractivity contribution in [2.75, 3.05) is 23.4 Å². The molecule has 138 valence electrons. The summed E-state index contributed by atoms with van der Waals surface area (Å²) in [5.74, 6) is -1.03. The molecule has 0 aliphatic carbocycles. The van der Waals surface area contributed by atoms with Crippen molar-refractivity contribution in [2.45, 2.75) is 23.0 Å². The van der Waals surface area contributed by atoms with Crippen LogP contribution in [-0.2, 0) is 25.5 Å². The van der Waals surface area contributed by atoms with E-state index in [9.17, 15) is 14.4 Å². The van der Waals surface area contributed by atoms with Gasteiger partial charge in [0, 0.05) is 17.1 Å². The molecular formula is C20H18N2O4S. The highest BCUT2D eigenvalue weighted by atomic mass is 32.2. The topological polar surface area (TPSA) is 75.7 Å². The SMILES string of the molecule is O=C(C[C@@H]1Sc2ccccc2NC1=O)OCC(=O)N1CCc2ccccc21. The summed E-state index contributed by atoms with van der Waals surface area (Å²) in [4.78, 5) is 39.3. The van der Waals surface area contributed by atoms with Crippen molar-refractivity contribution in [1.29, 1.82) is 0 Å². The van der Waals surface area contributed by atoms with Crippen molar-refractivity contribution in [3.05, 3.63) is 54.1 Å². The predicted molar refractivity (Wildman–Crippen MR) is 103 cm³/mol. The van der Waals surface area contributed by atoms with Crippen LogP contribution in [0.15, 0.2) is 53.4 Å². The second-order valence-corrected chi connectivity index (χ2v) is 7.63. The Hall–Kier alpha value is -2.80. The van der Waals surface area contributed by atoms with Gasteiger partial charge in [-0.1, -0.05) is 30.3 Å². The van der Waals surface area contributed by atoms with E-state index in [0.717, 1.165) is 28.3 Å². The van der Waals surface area contributed by atoms with Crippen LogP contribution in [0.1, 0.15) is 12.0 Å². The van der Waals surface area contributed by atoms with Gasteiger partial charge in [-0.15, -0.1) is 11.8 Å². The number of nitrogens with one attached hydrogen (secondary N) is 1. The van der Waals surface area contributed by atoms with Crippen LogP contribution in [0.25, 0.3) is 0 Å². The molecule has 6 nitrogen and oxygen atoms in total. The van der Waals surface area contributed by atoms with E-state index in [0.29, 0.717) is 6.54 Å². The molecule has 2 amide bonds. The molecule has 0 fully saturated rings. The summed E-state index contributed by atoms with van der Waals surface area (Å²) >= 11 is 1.34. The molecule has 2 aromatic carbocycles. The molecular weight excluding hydrogens is 364 g/mol. The molecule has 7 heteroatoms. The standard InChI is InChI=1S/C20H18N2O4S/c23-18(22-10-9-13-5-1-3-7-15(13)22)12-26-19(24)11-17-20(25)21-14-6-2-4-8-16(14)27-17/h1-8,17H,9-12H2,(H,21,25)/t17-/m0/s1. The van der Waals surface area contributed by atoms with Crippen LogP contribution in [0.4, 0.5) is 11.4 Å². The zero-order valence-electron chi connectivity index (χ0n) is 14.5. The van der Waals surface area contributed by atoms with Crippen LogP contribution in [0, 0.1) is 0 Å². The normalized spacial score (nSPS) is 17.7. The molecule has 0 bridgehead atoms. The van der Waals surface area contributed by atoms with Crippen LogP contribution in [0.2, 0.25) is 0 Å². The van der Waals surface area contributed by atoms with Crippen molar-refractivity contribution in [1.82, 2.24) is 0 Å². The fraction of sp³-hybridized carbons (Fsp3) is 0.250. The largest absolute Gasteiger partial charge is 0.456 e. The molecule has 27 heavy (non-hydrogen) atoms. The van der Waals surface area contributed by atoms with Gasteiger partial charge in [0.25, 0.3) is 5.91 Å². The van der Waals surface area contributed by atoms with Crippen molar-refractivity contribution in [3.63, 3.8) is 0 Å². The number of carbonyl (C=O) groups excluding carboxylic acids is 3. The summed E-state index contributed by atoms with van der Waals surface area (Å²) in [6, 6.07) is 15.1. The fourth-order valence-electron chi connectivity index (χ4n) is 3.25. The Kier molecular flexibility index (Phi) is 4.85. The van der Waals surface area contributed by atoms with Crippen molar-refractivity contribution in [3.8, 4) is 0 Å². The van der Waals surface area contributed by atoms with Crippen molar-refractivity contribution in [2.24, 2.45) is 0 Å². The first-order valence-corrected chi connectivity index (χ1v) is 9.60. The second kappa shape index (κ2) is 7.44. The maximum absolute atomic E-state index is 12.4. The molecule has 2 aromatic rings. The Morgan fingerprint density at radius 1 is 1.15 bits per heavy atom. The number of nitrogens with zero attached hydrogens (tertiary/aromatic N) is 1. The van der Waals surface area contributed by atoms with Gasteiger partial charge in [0.1, 0.15) is 0 Å². The number of benzene rings is 2. The number of anilines is 2. The second-order valence-electron chi connectivity index (χ2n) is 6.38. The third-order valence-corrected chi connectivity index (χ3v) is 5.88. The van der Waals surface area contributed by atoms with E-state index in [4.69, 9.17) is 4.74 Å². The third-order valence-electron chi connectivity index (χ3n) is 4.60. The van der Waals surface area contributed by atoms with Gasteiger partial charge in [0.05, 0.1) is 17.4 Å². The zero-order valence-corrected chi connectivity index (χ0v) is 15.3. The molecule has 2 aliphatic heterocycles. The Morgan fingerprint density at radius 3 is 2.81 bits per heavy atom. The van der Waals surface area contributed by atoms with E-state index < -0.39 is 11.2 Å². The number of carbonyl (C=O) groups is 3. The number of hydrogen-bond donors (Lipinski definition) is 1. The van der Waals surface area contributed by atoms with E-state index >= 15 is 0 Å². The number of ether oxygens (including phenoxy) is 1. The fourth-order valence-corrected chi connectivity index (χ4v) is 4.35. The summed E-state index contributed by atoms with van der Waals surface area (Å²) in [6.07, 6.45) is 0.725. The van der Waals surface area contributed by atoms with Gasteiger partial charge >= 0.3 is 5.97 Å². The average molecular weight is 382 g/mol. The summed E-state index contributed by atoms with van der Waals surface area (Å²) in [5.41, 5.74) is 2.74. The molecule has 0 radical (unpaired) electrons. The Labute approximate surface area is 160 Å². The summed E-state index contributed by atoms with van der Waals surface area (Å²) in [6.45, 7) is 0.274. The van der Waals surface area contributed by atoms with Gasteiger partial charge in [0.15, 0.2) is 6.61 Å². The molecule has 1 atom stereocenters. The van der Waals surface area contributed by atoms with Crippen LogP contribution in [0.5, 0.6) is 0 Å². The summed E-state index contributed by atoms with van der Waals surface area (Å²) in [5, 5.41) is 2.23. The highest BCUT2D eigenvalue weighted by Crippen LogP contribution is 2.36. The average Bonchev–Trinajstić information content (AvgIpc) is 3.11. The number of thioether (sulfide) groups is 1. The van der Waals surface area contributed by atoms with Crippen LogP contribution >= 0.6 is 11.8 Å². The van der Waals surface area contributed by atoms with E-state index in [1.165, 1.54) is 11.8 Å². The lowest BCUT2D eigenvalue weighted by Crippen LogP contribution is -2.35. The number of fused-ring (bicyclic) bond motifs is 2. The molecule has 4 rings (SSSR count). The minimum Gasteiger partial charge on any atom is -0.456 e. The van der Waals surface area contributed by atoms with Crippen molar-refractivity contribution >= 4 is 40.9 Å². The molecule has 0 saturated carbocycles. The Balaban J connectivity index is 1.32. The summed E-state index contributed by atoms with van der Waals surface area (Å²) in [7, 11) is 0. The van der Waals surface area contributed by atoms with Crippen LogP contribution in [-0.4, -0.2) is 36.2 Å². The lowest BCUT2D eigenvalue weighted by Gasteiger charge is -2.23. The molecule has 0 spiro atoms. The van der Waals surface area contributed by atoms with Gasteiger partial charge in [-0.2, -0.15) is 0 Å². The van der Waals surface area contributed by atoms with Crippen molar-refractivity contribution < 1.29 is 19.1 Å². The molecule has 0 aromatic heterocycles. The maximum Gasteiger partial charge on any atom is 0.307 e. The van der Waals surface area contributed by atoms with E-state index in [2.05, 4.69) is 5.32 Å². The highest BCUT2D eigenvalue weighted by Gasteiger charge is 2.30. The molecule has 0 saturated heterocycles. The number of para-hydroxylation sites is 2. The van der Waals surface area contributed by atoms with Crippen LogP contribution < -0.4 is 10.2 Å². The molecule has 0 unspecified atom stereocenters. The van der Waals surface area contributed by atoms with Gasteiger partial charge in [-0.25, -0.2) is 0 Å².